The van der Waals surface area contributed by atoms with E-state index in [0.29, 0.717) is 22.5 Å². The predicted molar refractivity (Wildman–Crippen MR) is 108 cm³/mol. The van der Waals surface area contributed by atoms with Gasteiger partial charge < -0.3 is 0 Å². The Hall–Kier alpha value is -3.05. The minimum Gasteiger partial charge on any atom is -0.268 e. The molecule has 0 spiro atoms. The number of rotatable bonds is 3. The van der Waals surface area contributed by atoms with E-state index in [-0.39, 0.29) is 5.56 Å². The smallest absolute Gasteiger partial charge is 0.267 e. The second kappa shape index (κ2) is 7.06. The molecule has 0 N–H and O–H groups in total. The zero-order valence-electron chi connectivity index (χ0n) is 13.7. The van der Waals surface area contributed by atoms with E-state index in [9.17, 15) is 4.79 Å². The number of para-hydroxylation sites is 1. The van der Waals surface area contributed by atoms with Crippen LogP contribution in [0, 0.1) is 0 Å². The SMILES string of the molecule is O=c1c2ccccc2nc(C=Cc2ccc(Br)cc2)n1-c1ccccn1. The third-order valence-electron chi connectivity index (χ3n) is 3.97. The van der Waals surface area contributed by atoms with Crippen LogP contribution in [-0.2, 0) is 0 Å². The monoisotopic (exact) mass is 403 g/mol. The Morgan fingerprint density at radius 3 is 2.42 bits per heavy atom. The Labute approximate surface area is 158 Å². The van der Waals surface area contributed by atoms with Crippen molar-refractivity contribution < 1.29 is 0 Å². The normalized spacial score (nSPS) is 11.3. The van der Waals surface area contributed by atoms with Gasteiger partial charge in [-0.05, 0) is 48.0 Å². The fraction of sp³-hybridized carbons (Fsp3) is 0. The summed E-state index contributed by atoms with van der Waals surface area (Å²) in [4.78, 5) is 22.0. The highest BCUT2D eigenvalue weighted by atomic mass is 79.9. The molecule has 0 amide bonds. The van der Waals surface area contributed by atoms with Crippen molar-refractivity contribution in [2.45, 2.75) is 0 Å². The number of nitrogens with zero attached hydrogens (tertiary/aromatic N) is 3. The minimum absolute atomic E-state index is 0.134. The van der Waals surface area contributed by atoms with E-state index >= 15 is 0 Å². The largest absolute Gasteiger partial charge is 0.268 e. The lowest BCUT2D eigenvalue weighted by Crippen LogP contribution is -2.23. The van der Waals surface area contributed by atoms with Crippen molar-refractivity contribution in [1.29, 1.82) is 0 Å². The average molecular weight is 404 g/mol. The van der Waals surface area contributed by atoms with E-state index in [0.717, 1.165) is 10.0 Å². The van der Waals surface area contributed by atoms with Crippen LogP contribution in [0.15, 0.2) is 82.2 Å². The third-order valence-corrected chi connectivity index (χ3v) is 4.50. The van der Waals surface area contributed by atoms with Gasteiger partial charge in [0.15, 0.2) is 0 Å². The van der Waals surface area contributed by atoms with Gasteiger partial charge in [0.05, 0.1) is 10.9 Å². The van der Waals surface area contributed by atoms with Crippen LogP contribution in [0.25, 0.3) is 28.9 Å². The van der Waals surface area contributed by atoms with Crippen LogP contribution in [-0.4, -0.2) is 14.5 Å². The van der Waals surface area contributed by atoms with Crippen molar-refractivity contribution in [2.75, 3.05) is 0 Å². The molecule has 0 fully saturated rings. The molecule has 0 atom stereocenters. The molecule has 0 radical (unpaired) electrons. The molecule has 26 heavy (non-hydrogen) atoms. The molecule has 2 heterocycles. The highest BCUT2D eigenvalue weighted by Gasteiger charge is 2.11. The van der Waals surface area contributed by atoms with Gasteiger partial charge in [0, 0.05) is 10.7 Å². The quantitative estimate of drug-likeness (QED) is 0.497. The van der Waals surface area contributed by atoms with Crippen LogP contribution in [0.3, 0.4) is 0 Å². The van der Waals surface area contributed by atoms with Crippen LogP contribution in [0.2, 0.25) is 0 Å². The van der Waals surface area contributed by atoms with Gasteiger partial charge in [-0.25, -0.2) is 14.5 Å². The summed E-state index contributed by atoms with van der Waals surface area (Å²) in [7, 11) is 0. The molecule has 0 bridgehead atoms. The molecule has 0 aliphatic carbocycles. The number of fused-ring (bicyclic) bond motifs is 1. The van der Waals surface area contributed by atoms with E-state index in [1.807, 2.05) is 66.7 Å². The summed E-state index contributed by atoms with van der Waals surface area (Å²) in [6, 6.07) is 20.7. The van der Waals surface area contributed by atoms with Gasteiger partial charge in [-0.3, -0.25) is 4.79 Å². The topological polar surface area (TPSA) is 47.8 Å². The molecule has 0 unspecified atom stereocenters. The summed E-state index contributed by atoms with van der Waals surface area (Å²) < 4.78 is 2.56. The fourth-order valence-electron chi connectivity index (χ4n) is 2.71. The van der Waals surface area contributed by atoms with Crippen molar-refractivity contribution in [2.24, 2.45) is 0 Å². The zero-order valence-corrected chi connectivity index (χ0v) is 15.3. The molecule has 4 aromatic rings. The Balaban J connectivity index is 1.92. The number of hydrogen-bond donors (Lipinski definition) is 0. The number of benzene rings is 2. The molecule has 0 saturated carbocycles. The maximum atomic E-state index is 13.0. The zero-order chi connectivity index (χ0) is 17.9. The lowest BCUT2D eigenvalue weighted by molar-refractivity contribution is 0.905. The Morgan fingerprint density at radius 2 is 1.65 bits per heavy atom. The molecule has 0 aliphatic rings. The number of hydrogen-bond acceptors (Lipinski definition) is 3. The van der Waals surface area contributed by atoms with E-state index in [1.165, 1.54) is 4.57 Å². The third kappa shape index (κ3) is 3.21. The van der Waals surface area contributed by atoms with Gasteiger partial charge in [-0.2, -0.15) is 0 Å². The van der Waals surface area contributed by atoms with Gasteiger partial charge in [-0.15, -0.1) is 0 Å². The standard InChI is InChI=1S/C21H14BrN3O/c22-16-11-8-15(9-12-16)10-13-20-24-18-6-2-1-5-17(18)21(26)25(20)19-7-3-4-14-23-19/h1-14H. The number of pyridine rings is 1. The van der Waals surface area contributed by atoms with Crippen molar-refractivity contribution in [3.05, 3.63) is 99.1 Å². The molecule has 2 aromatic carbocycles. The minimum atomic E-state index is -0.134. The number of halogens is 1. The molecule has 4 nitrogen and oxygen atoms in total. The first-order valence-electron chi connectivity index (χ1n) is 8.09. The average Bonchev–Trinajstić information content (AvgIpc) is 2.68. The van der Waals surface area contributed by atoms with E-state index in [2.05, 4.69) is 25.9 Å². The lowest BCUT2D eigenvalue weighted by atomic mass is 10.2. The van der Waals surface area contributed by atoms with E-state index < -0.39 is 0 Å². The summed E-state index contributed by atoms with van der Waals surface area (Å²) in [6.45, 7) is 0. The van der Waals surface area contributed by atoms with Gasteiger partial charge in [0.25, 0.3) is 5.56 Å². The second-order valence-corrected chi connectivity index (χ2v) is 6.62. The molecule has 2 aromatic heterocycles. The maximum absolute atomic E-state index is 13.0. The van der Waals surface area contributed by atoms with Crippen LogP contribution < -0.4 is 5.56 Å². The predicted octanol–water partition coefficient (Wildman–Crippen LogP) is 4.71. The molecular formula is C21H14BrN3O. The summed E-state index contributed by atoms with van der Waals surface area (Å²) >= 11 is 3.43. The van der Waals surface area contributed by atoms with Crippen molar-refractivity contribution in [3.63, 3.8) is 0 Å². The molecule has 0 saturated heterocycles. The first-order chi connectivity index (χ1) is 12.7. The Kier molecular flexibility index (Phi) is 4.46. The molecule has 0 aliphatic heterocycles. The lowest BCUT2D eigenvalue weighted by Gasteiger charge is -2.10. The first-order valence-corrected chi connectivity index (χ1v) is 8.88. The highest BCUT2D eigenvalue weighted by Crippen LogP contribution is 2.15. The van der Waals surface area contributed by atoms with Gasteiger partial charge in [-0.1, -0.05) is 52.3 Å². The summed E-state index contributed by atoms with van der Waals surface area (Å²) in [5.74, 6) is 1.08. The Morgan fingerprint density at radius 1 is 0.885 bits per heavy atom. The highest BCUT2D eigenvalue weighted by molar-refractivity contribution is 9.10. The van der Waals surface area contributed by atoms with E-state index in [1.54, 1.807) is 18.3 Å². The van der Waals surface area contributed by atoms with Crippen LogP contribution in [0.4, 0.5) is 0 Å². The Bertz CT molecular complexity index is 1150. The molecular weight excluding hydrogens is 390 g/mol. The number of aromatic nitrogens is 3. The van der Waals surface area contributed by atoms with Crippen molar-refractivity contribution in [3.8, 4) is 5.82 Å². The van der Waals surface area contributed by atoms with Gasteiger partial charge >= 0.3 is 0 Å². The van der Waals surface area contributed by atoms with Gasteiger partial charge in [0.1, 0.15) is 11.6 Å². The van der Waals surface area contributed by atoms with E-state index in [4.69, 9.17) is 0 Å². The summed E-state index contributed by atoms with van der Waals surface area (Å²) in [5, 5.41) is 0.568. The summed E-state index contributed by atoms with van der Waals surface area (Å²) in [5.41, 5.74) is 1.55. The van der Waals surface area contributed by atoms with Gasteiger partial charge in [0.2, 0.25) is 0 Å². The van der Waals surface area contributed by atoms with Crippen LogP contribution >= 0.6 is 15.9 Å². The molecule has 5 heteroatoms. The van der Waals surface area contributed by atoms with Crippen molar-refractivity contribution >= 4 is 39.0 Å². The first kappa shape index (κ1) is 16.4. The van der Waals surface area contributed by atoms with Crippen LogP contribution in [0.5, 0.6) is 0 Å². The summed E-state index contributed by atoms with van der Waals surface area (Å²) in [6.07, 6.45) is 5.44. The van der Waals surface area contributed by atoms with Crippen molar-refractivity contribution in [1.82, 2.24) is 14.5 Å². The maximum Gasteiger partial charge on any atom is 0.267 e. The fourth-order valence-corrected chi connectivity index (χ4v) is 2.98. The van der Waals surface area contributed by atoms with Crippen LogP contribution in [0.1, 0.15) is 11.4 Å². The molecule has 126 valence electrons. The molecule has 4 rings (SSSR count). The second-order valence-electron chi connectivity index (χ2n) is 5.70.